The van der Waals surface area contributed by atoms with Crippen LogP contribution in [0.15, 0.2) is 45.7 Å². The van der Waals surface area contributed by atoms with Crippen molar-refractivity contribution in [2.24, 2.45) is 5.16 Å². The first-order valence-corrected chi connectivity index (χ1v) is 12.9. The molecule has 4 heterocycles. The fourth-order valence-electron chi connectivity index (χ4n) is 3.28. The number of thiazole rings is 1. The van der Waals surface area contributed by atoms with Crippen molar-refractivity contribution in [2.45, 2.75) is 24.1 Å². The SMILES string of the molecule is CC(=O)O/N=C(/C(=O)N[C@@H]1C(=O)N2C(C(=O)O)=C(SCc3cccnc3)CS[C@H]12)c1csc(N)n1. The number of aliphatic carboxylic acids is 1. The minimum Gasteiger partial charge on any atom is -0.477 e. The number of aromatic nitrogens is 2. The Balaban J connectivity index is 1.50. The molecule has 35 heavy (non-hydrogen) atoms. The van der Waals surface area contributed by atoms with E-state index in [1.54, 1.807) is 18.5 Å². The predicted molar refractivity (Wildman–Crippen MR) is 130 cm³/mol. The Hall–Kier alpha value is -3.43. The van der Waals surface area contributed by atoms with Gasteiger partial charge in [0.15, 0.2) is 10.8 Å². The molecule has 2 aliphatic rings. The summed E-state index contributed by atoms with van der Waals surface area (Å²) in [5.41, 5.74) is 6.19. The summed E-state index contributed by atoms with van der Waals surface area (Å²) in [6.45, 7) is 1.12. The molecule has 1 fully saturated rings. The molecular formula is C20H18N6O6S3. The van der Waals surface area contributed by atoms with E-state index in [1.807, 2.05) is 6.07 Å². The largest absolute Gasteiger partial charge is 0.477 e. The summed E-state index contributed by atoms with van der Waals surface area (Å²) in [5, 5.41) is 16.9. The van der Waals surface area contributed by atoms with E-state index in [2.05, 4.69) is 25.3 Å². The van der Waals surface area contributed by atoms with Crippen LogP contribution in [0.4, 0.5) is 5.13 Å². The second-order valence-corrected chi connectivity index (χ2v) is 10.2. The smallest absolute Gasteiger partial charge is 0.353 e. The molecule has 2 atom stereocenters. The number of oxime groups is 1. The number of nitrogens with two attached hydrogens (primary N) is 1. The highest BCUT2D eigenvalue weighted by Gasteiger charge is 2.54. The maximum absolute atomic E-state index is 12.9. The molecule has 15 heteroatoms. The van der Waals surface area contributed by atoms with Crippen molar-refractivity contribution < 1.29 is 29.1 Å². The van der Waals surface area contributed by atoms with Crippen LogP contribution in [0.3, 0.4) is 0 Å². The van der Waals surface area contributed by atoms with Gasteiger partial charge in [-0.15, -0.1) is 34.9 Å². The normalized spacial score (nSPS) is 19.6. The molecule has 0 saturated carbocycles. The number of fused-ring (bicyclic) bond motifs is 1. The van der Waals surface area contributed by atoms with E-state index in [4.69, 9.17) is 5.73 Å². The molecule has 4 N–H and O–H groups in total. The Morgan fingerprint density at radius 3 is 2.86 bits per heavy atom. The molecule has 2 aromatic rings. The van der Waals surface area contributed by atoms with Crippen LogP contribution in [0.2, 0.25) is 0 Å². The van der Waals surface area contributed by atoms with Crippen LogP contribution in [0, 0.1) is 0 Å². The van der Waals surface area contributed by atoms with Crippen molar-refractivity contribution in [1.82, 2.24) is 20.2 Å². The first-order valence-electron chi connectivity index (χ1n) is 9.97. The average molecular weight is 535 g/mol. The molecule has 0 radical (unpaired) electrons. The third-order valence-electron chi connectivity index (χ3n) is 4.80. The standard InChI is InChI=1S/C20H18N6O6S3/c1-9(27)32-25-13(11-7-35-20(21)23-11)16(28)24-14-17(29)26-15(19(30)31)12(8-34-18(14)26)33-6-10-3-2-4-22-5-10/h2-5,7,14,18H,6,8H2,1H3,(H2,21,23)(H,24,28)(H,30,31)/b25-13+/t14-,18-/m1/s1. The van der Waals surface area contributed by atoms with Crippen molar-refractivity contribution in [3.05, 3.63) is 51.8 Å². The van der Waals surface area contributed by atoms with E-state index in [0.717, 1.165) is 23.8 Å². The molecule has 12 nitrogen and oxygen atoms in total. The van der Waals surface area contributed by atoms with Crippen LogP contribution in [-0.2, 0) is 29.8 Å². The maximum atomic E-state index is 12.9. The first-order chi connectivity index (χ1) is 16.8. The van der Waals surface area contributed by atoms with Gasteiger partial charge in [-0.1, -0.05) is 11.2 Å². The summed E-state index contributed by atoms with van der Waals surface area (Å²) in [6.07, 6.45) is 3.34. The number of thioether (sulfide) groups is 2. The molecule has 0 aliphatic carbocycles. The number of nitrogen functional groups attached to an aromatic ring is 1. The zero-order valence-corrected chi connectivity index (χ0v) is 20.5. The number of amides is 2. The van der Waals surface area contributed by atoms with E-state index in [0.29, 0.717) is 16.4 Å². The minimum atomic E-state index is -1.22. The molecule has 0 aromatic carbocycles. The Bertz CT molecular complexity index is 1250. The zero-order chi connectivity index (χ0) is 25.1. The average Bonchev–Trinajstić information content (AvgIpc) is 3.26. The van der Waals surface area contributed by atoms with E-state index >= 15 is 0 Å². The minimum absolute atomic E-state index is 0.0754. The van der Waals surface area contributed by atoms with Crippen molar-refractivity contribution >= 4 is 69.5 Å². The summed E-state index contributed by atoms with van der Waals surface area (Å²) < 4.78 is 0. The Kier molecular flexibility index (Phi) is 7.37. The van der Waals surface area contributed by atoms with Crippen LogP contribution in [0.1, 0.15) is 18.2 Å². The van der Waals surface area contributed by atoms with Crippen LogP contribution in [0.5, 0.6) is 0 Å². The van der Waals surface area contributed by atoms with Crippen LogP contribution in [0.25, 0.3) is 0 Å². The van der Waals surface area contributed by atoms with E-state index < -0.39 is 35.2 Å². The van der Waals surface area contributed by atoms with Crippen molar-refractivity contribution in [3.63, 3.8) is 0 Å². The second-order valence-electron chi connectivity index (χ2n) is 7.18. The lowest BCUT2D eigenvalue weighted by atomic mass is 10.0. The molecule has 4 rings (SSSR count). The topological polar surface area (TPSA) is 177 Å². The zero-order valence-electron chi connectivity index (χ0n) is 18.0. The van der Waals surface area contributed by atoms with E-state index in [1.165, 1.54) is 33.8 Å². The molecular weight excluding hydrogens is 516 g/mol. The molecule has 1 saturated heterocycles. The lowest BCUT2D eigenvalue weighted by Gasteiger charge is -2.49. The number of carboxylic acid groups (broad SMARTS) is 1. The van der Waals surface area contributed by atoms with Crippen molar-refractivity contribution in [1.29, 1.82) is 0 Å². The van der Waals surface area contributed by atoms with Crippen molar-refractivity contribution in [3.8, 4) is 0 Å². The Morgan fingerprint density at radius 1 is 1.43 bits per heavy atom. The molecule has 0 bridgehead atoms. The van der Waals surface area contributed by atoms with Gasteiger partial charge in [-0.05, 0) is 11.6 Å². The van der Waals surface area contributed by atoms with Gasteiger partial charge in [0.1, 0.15) is 22.8 Å². The summed E-state index contributed by atoms with van der Waals surface area (Å²) in [4.78, 5) is 63.4. The van der Waals surface area contributed by atoms with E-state index in [9.17, 15) is 24.3 Å². The molecule has 0 spiro atoms. The summed E-state index contributed by atoms with van der Waals surface area (Å²) in [7, 11) is 0. The Morgan fingerprint density at radius 2 is 2.23 bits per heavy atom. The van der Waals surface area contributed by atoms with Gasteiger partial charge in [0, 0.05) is 41.1 Å². The van der Waals surface area contributed by atoms with Gasteiger partial charge in [0.05, 0.1) is 0 Å². The second kappa shape index (κ2) is 10.5. The quantitative estimate of drug-likeness (QED) is 0.191. The van der Waals surface area contributed by atoms with Gasteiger partial charge < -0.3 is 21.0 Å². The highest BCUT2D eigenvalue weighted by atomic mass is 32.2. The lowest BCUT2D eigenvalue weighted by molar-refractivity contribution is -0.150. The third-order valence-corrected chi connectivity index (χ3v) is 8.10. The molecule has 2 aliphatic heterocycles. The monoisotopic (exact) mass is 534 g/mol. The molecule has 0 unspecified atom stereocenters. The van der Waals surface area contributed by atoms with Gasteiger partial charge in [0.25, 0.3) is 11.8 Å². The molecule has 182 valence electrons. The lowest BCUT2D eigenvalue weighted by Crippen LogP contribution is -2.71. The summed E-state index contributed by atoms with van der Waals surface area (Å²) >= 11 is 3.72. The maximum Gasteiger partial charge on any atom is 0.353 e. The van der Waals surface area contributed by atoms with Gasteiger partial charge >= 0.3 is 11.9 Å². The number of carboxylic acids is 1. The van der Waals surface area contributed by atoms with Gasteiger partial charge in [-0.3, -0.25) is 19.5 Å². The number of pyridine rings is 1. The number of carbonyl (C=O) groups excluding carboxylic acids is 3. The fraction of sp³-hybridized carbons (Fsp3) is 0.250. The number of anilines is 1. The van der Waals surface area contributed by atoms with E-state index in [-0.39, 0.29) is 22.2 Å². The number of hydrogen-bond donors (Lipinski definition) is 3. The van der Waals surface area contributed by atoms with Crippen LogP contribution < -0.4 is 11.1 Å². The summed E-state index contributed by atoms with van der Waals surface area (Å²) in [6, 6.07) is 2.68. The number of nitrogens with one attached hydrogen (secondary N) is 1. The van der Waals surface area contributed by atoms with Crippen LogP contribution >= 0.6 is 34.9 Å². The van der Waals surface area contributed by atoms with Gasteiger partial charge in [-0.25, -0.2) is 14.6 Å². The van der Waals surface area contributed by atoms with Gasteiger partial charge in [-0.2, -0.15) is 0 Å². The summed E-state index contributed by atoms with van der Waals surface area (Å²) in [5.74, 6) is -2.51. The molecule has 2 aromatic heterocycles. The van der Waals surface area contributed by atoms with Crippen molar-refractivity contribution in [2.75, 3.05) is 11.5 Å². The van der Waals surface area contributed by atoms with Gasteiger partial charge in [0.2, 0.25) is 0 Å². The number of rotatable bonds is 8. The Labute approximate surface area is 211 Å². The predicted octanol–water partition coefficient (Wildman–Crippen LogP) is 1.02. The number of β-lactam (4-membered cyclic amide) rings is 1. The number of hydrogen-bond acceptors (Lipinski definition) is 12. The third kappa shape index (κ3) is 5.31. The first kappa shape index (κ1) is 24.7. The highest BCUT2D eigenvalue weighted by molar-refractivity contribution is 8.05. The fourth-order valence-corrected chi connectivity index (χ4v) is 6.39. The van der Waals surface area contributed by atoms with Crippen LogP contribution in [-0.4, -0.2) is 66.6 Å². The molecule has 2 amide bonds. The number of carbonyl (C=O) groups is 4. The number of nitrogens with zero attached hydrogens (tertiary/aromatic N) is 4. The highest BCUT2D eigenvalue weighted by Crippen LogP contribution is 2.44.